The maximum absolute atomic E-state index is 12.3. The molecule has 0 saturated carbocycles. The lowest BCUT2D eigenvalue weighted by Crippen LogP contribution is -2.11. The normalized spacial score (nSPS) is 10.6. The highest BCUT2D eigenvalue weighted by Gasteiger charge is 2.09. The van der Waals surface area contributed by atoms with E-state index in [1.54, 1.807) is 7.11 Å². The molecule has 7 heteroatoms. The van der Waals surface area contributed by atoms with Gasteiger partial charge in [-0.05, 0) is 54.1 Å². The van der Waals surface area contributed by atoms with Crippen LogP contribution in [-0.2, 0) is 5.75 Å². The van der Waals surface area contributed by atoms with Crippen molar-refractivity contribution in [3.8, 4) is 17.1 Å². The number of rotatable bonds is 7. The van der Waals surface area contributed by atoms with Crippen LogP contribution in [0.1, 0.15) is 15.9 Å². The molecule has 0 unspecified atom stereocenters. The maximum Gasteiger partial charge on any atom is 0.255 e. The first-order valence-electron chi connectivity index (χ1n) is 9.36. The molecule has 4 rings (SSSR count). The number of nitrogens with one attached hydrogen (secondary N) is 2. The molecule has 1 amide bonds. The van der Waals surface area contributed by atoms with Crippen LogP contribution < -0.4 is 10.1 Å². The summed E-state index contributed by atoms with van der Waals surface area (Å²) in [6.07, 6.45) is 0. The highest BCUT2D eigenvalue weighted by molar-refractivity contribution is 7.98. The van der Waals surface area contributed by atoms with Crippen molar-refractivity contribution in [2.75, 3.05) is 12.4 Å². The number of aromatic amines is 1. The van der Waals surface area contributed by atoms with E-state index in [0.717, 1.165) is 22.6 Å². The SMILES string of the molecule is COc1ccc(-c2nc(SCc3ccc(C(=O)Nc4ccccc4)cc3)n[nH]2)cc1. The standard InChI is InChI=1S/C23H20N4O2S/c1-29-20-13-11-17(12-14-20)21-25-23(27-26-21)30-15-16-7-9-18(10-8-16)22(28)24-19-5-3-2-4-6-19/h2-14H,15H2,1H3,(H,24,28)(H,25,26,27). The van der Waals surface area contributed by atoms with Gasteiger partial charge in [0.05, 0.1) is 7.11 Å². The Balaban J connectivity index is 1.34. The fourth-order valence-corrected chi connectivity index (χ4v) is 3.57. The summed E-state index contributed by atoms with van der Waals surface area (Å²) in [5.74, 6) is 2.10. The van der Waals surface area contributed by atoms with Crippen LogP contribution in [0.4, 0.5) is 5.69 Å². The Hall–Kier alpha value is -3.58. The molecule has 1 aromatic heterocycles. The van der Waals surface area contributed by atoms with Crippen LogP contribution in [0.5, 0.6) is 5.75 Å². The van der Waals surface area contributed by atoms with E-state index in [1.165, 1.54) is 11.8 Å². The van der Waals surface area contributed by atoms with Crippen molar-refractivity contribution in [3.05, 3.63) is 90.0 Å². The fraction of sp³-hybridized carbons (Fsp3) is 0.0870. The second-order valence-corrected chi connectivity index (χ2v) is 7.44. The highest BCUT2D eigenvalue weighted by Crippen LogP contribution is 2.24. The van der Waals surface area contributed by atoms with Crippen molar-refractivity contribution < 1.29 is 9.53 Å². The third-order valence-corrected chi connectivity index (χ3v) is 5.36. The summed E-state index contributed by atoms with van der Waals surface area (Å²) < 4.78 is 5.18. The van der Waals surface area contributed by atoms with Crippen LogP contribution in [0.25, 0.3) is 11.4 Å². The lowest BCUT2D eigenvalue weighted by atomic mass is 10.1. The molecule has 1 heterocycles. The van der Waals surface area contributed by atoms with E-state index in [0.29, 0.717) is 22.3 Å². The molecule has 0 atom stereocenters. The molecule has 6 nitrogen and oxygen atoms in total. The van der Waals surface area contributed by atoms with Crippen LogP contribution in [0.15, 0.2) is 84.0 Å². The van der Waals surface area contributed by atoms with Crippen LogP contribution in [0, 0.1) is 0 Å². The summed E-state index contributed by atoms with van der Waals surface area (Å²) in [7, 11) is 1.64. The predicted molar refractivity (Wildman–Crippen MR) is 119 cm³/mol. The minimum atomic E-state index is -0.126. The van der Waals surface area contributed by atoms with E-state index in [4.69, 9.17) is 4.74 Å². The monoisotopic (exact) mass is 416 g/mol. The van der Waals surface area contributed by atoms with Gasteiger partial charge in [-0.25, -0.2) is 4.98 Å². The van der Waals surface area contributed by atoms with Gasteiger partial charge in [-0.2, -0.15) is 0 Å². The van der Waals surface area contributed by atoms with Crippen molar-refractivity contribution in [2.45, 2.75) is 10.9 Å². The van der Waals surface area contributed by atoms with Crippen LogP contribution in [-0.4, -0.2) is 28.2 Å². The van der Waals surface area contributed by atoms with Crippen LogP contribution in [0.3, 0.4) is 0 Å². The second-order valence-electron chi connectivity index (χ2n) is 6.50. The quantitative estimate of drug-likeness (QED) is 0.413. The summed E-state index contributed by atoms with van der Waals surface area (Å²) in [5, 5.41) is 10.8. The van der Waals surface area contributed by atoms with Gasteiger partial charge in [0.1, 0.15) is 5.75 Å². The van der Waals surface area contributed by atoms with E-state index in [1.807, 2.05) is 78.9 Å². The van der Waals surface area contributed by atoms with Gasteiger partial charge in [-0.3, -0.25) is 9.89 Å². The summed E-state index contributed by atoms with van der Waals surface area (Å²) in [6.45, 7) is 0. The fourth-order valence-electron chi connectivity index (χ4n) is 2.81. The summed E-state index contributed by atoms with van der Waals surface area (Å²) in [6, 6.07) is 24.6. The molecule has 0 aliphatic carbocycles. The van der Waals surface area contributed by atoms with Crippen molar-refractivity contribution >= 4 is 23.4 Å². The van der Waals surface area contributed by atoms with Gasteiger partial charge in [-0.15, -0.1) is 5.10 Å². The van der Waals surface area contributed by atoms with Gasteiger partial charge in [-0.1, -0.05) is 42.1 Å². The lowest BCUT2D eigenvalue weighted by molar-refractivity contribution is 0.102. The average Bonchev–Trinajstić information content (AvgIpc) is 3.28. The molecule has 150 valence electrons. The number of carbonyl (C=O) groups excluding carboxylic acids is 1. The first-order chi connectivity index (χ1) is 14.7. The van der Waals surface area contributed by atoms with Crippen molar-refractivity contribution in [1.29, 1.82) is 0 Å². The predicted octanol–water partition coefficient (Wildman–Crippen LogP) is 5.02. The molecule has 0 fully saturated rings. The molecule has 0 spiro atoms. The lowest BCUT2D eigenvalue weighted by Gasteiger charge is -2.06. The Morgan fingerprint density at radius 2 is 1.73 bits per heavy atom. The molecule has 0 aliphatic heterocycles. The van der Waals surface area contributed by atoms with Gasteiger partial charge in [0, 0.05) is 22.6 Å². The highest BCUT2D eigenvalue weighted by atomic mass is 32.2. The zero-order valence-electron chi connectivity index (χ0n) is 16.3. The number of methoxy groups -OCH3 is 1. The molecule has 30 heavy (non-hydrogen) atoms. The number of hydrogen-bond donors (Lipinski definition) is 2. The summed E-state index contributed by atoms with van der Waals surface area (Å²) >= 11 is 1.53. The number of hydrogen-bond acceptors (Lipinski definition) is 5. The number of benzene rings is 3. The number of ether oxygens (including phenoxy) is 1. The molecule has 0 bridgehead atoms. The first kappa shape index (κ1) is 19.7. The van der Waals surface area contributed by atoms with E-state index in [-0.39, 0.29) is 5.91 Å². The Kier molecular flexibility index (Phi) is 6.10. The van der Waals surface area contributed by atoms with E-state index >= 15 is 0 Å². The maximum atomic E-state index is 12.3. The van der Waals surface area contributed by atoms with E-state index in [2.05, 4.69) is 20.5 Å². The van der Waals surface area contributed by atoms with Crippen LogP contribution in [0.2, 0.25) is 0 Å². The number of aromatic nitrogens is 3. The molecule has 0 radical (unpaired) electrons. The third kappa shape index (κ3) is 4.87. The minimum Gasteiger partial charge on any atom is -0.497 e. The number of thioether (sulfide) groups is 1. The van der Waals surface area contributed by atoms with Gasteiger partial charge in [0.25, 0.3) is 5.91 Å². The number of H-pyrrole nitrogens is 1. The topological polar surface area (TPSA) is 79.9 Å². The molecule has 0 aliphatic rings. The van der Waals surface area contributed by atoms with Crippen molar-refractivity contribution in [1.82, 2.24) is 15.2 Å². The Morgan fingerprint density at radius 1 is 1.00 bits per heavy atom. The number of nitrogens with zero attached hydrogens (tertiary/aromatic N) is 2. The summed E-state index contributed by atoms with van der Waals surface area (Å²) in [5.41, 5.74) is 3.43. The smallest absolute Gasteiger partial charge is 0.255 e. The molecular formula is C23H20N4O2S. The largest absolute Gasteiger partial charge is 0.497 e. The van der Waals surface area contributed by atoms with Gasteiger partial charge in [0.2, 0.25) is 5.16 Å². The molecular weight excluding hydrogens is 396 g/mol. The van der Waals surface area contributed by atoms with Gasteiger partial charge in [0.15, 0.2) is 5.82 Å². The van der Waals surface area contributed by atoms with Crippen LogP contribution >= 0.6 is 11.8 Å². The molecule has 4 aromatic rings. The number of amides is 1. The second kappa shape index (κ2) is 9.28. The Morgan fingerprint density at radius 3 is 2.43 bits per heavy atom. The summed E-state index contributed by atoms with van der Waals surface area (Å²) in [4.78, 5) is 16.9. The zero-order chi connectivity index (χ0) is 20.8. The number of para-hydroxylation sites is 1. The Bertz CT molecular complexity index is 1110. The molecule has 2 N–H and O–H groups in total. The van der Waals surface area contributed by atoms with Crippen molar-refractivity contribution in [3.63, 3.8) is 0 Å². The first-order valence-corrected chi connectivity index (χ1v) is 10.3. The third-order valence-electron chi connectivity index (χ3n) is 4.44. The van der Waals surface area contributed by atoms with Gasteiger partial charge < -0.3 is 10.1 Å². The van der Waals surface area contributed by atoms with Gasteiger partial charge >= 0.3 is 0 Å². The zero-order valence-corrected chi connectivity index (χ0v) is 17.1. The van der Waals surface area contributed by atoms with E-state index in [9.17, 15) is 4.79 Å². The minimum absolute atomic E-state index is 0.126. The number of anilines is 1. The van der Waals surface area contributed by atoms with Crippen molar-refractivity contribution in [2.24, 2.45) is 0 Å². The Labute approximate surface area is 178 Å². The number of carbonyl (C=O) groups is 1. The molecule has 3 aromatic carbocycles. The molecule has 0 saturated heterocycles. The van der Waals surface area contributed by atoms with E-state index < -0.39 is 0 Å². The average molecular weight is 417 g/mol.